The highest BCUT2D eigenvalue weighted by Gasteiger charge is 2.09. The Balaban J connectivity index is 1.89. The molecule has 0 unspecified atom stereocenters. The molecule has 0 saturated heterocycles. The van der Waals surface area contributed by atoms with E-state index in [4.69, 9.17) is 5.11 Å². The molecule has 0 bridgehead atoms. The van der Waals surface area contributed by atoms with Crippen molar-refractivity contribution in [3.05, 3.63) is 54.2 Å². The average Bonchev–Trinajstić information content (AvgIpc) is 2.56. The van der Waals surface area contributed by atoms with Gasteiger partial charge in [-0.2, -0.15) is 0 Å². The largest absolute Gasteiger partial charge is 0.478 e. The molecular weight excluding hydrogens is 270 g/mol. The number of pyridine rings is 1. The maximum absolute atomic E-state index is 10.8. The number of carboxylic acid groups (broad SMARTS) is 1. The minimum Gasteiger partial charge on any atom is -0.478 e. The molecule has 0 amide bonds. The number of aromatic carboxylic acids is 1. The van der Waals surface area contributed by atoms with E-state index in [9.17, 15) is 4.79 Å². The number of benzene rings is 1. The Morgan fingerprint density at radius 2 is 1.52 bits per heavy atom. The standard InChI is InChI=1S/C14H9N5O2/c20-14(21)10-6-7-11(15-8-10)13-18-16-12(17-19-13)9-4-2-1-3-5-9/h1-8H,(H,20,21). The number of rotatable bonds is 3. The molecule has 0 radical (unpaired) electrons. The summed E-state index contributed by atoms with van der Waals surface area (Å²) < 4.78 is 0. The second-order valence-corrected chi connectivity index (χ2v) is 4.15. The molecule has 1 N–H and O–H groups in total. The van der Waals surface area contributed by atoms with E-state index < -0.39 is 5.97 Å². The summed E-state index contributed by atoms with van der Waals surface area (Å²) in [7, 11) is 0. The minimum absolute atomic E-state index is 0.0978. The monoisotopic (exact) mass is 279 g/mol. The summed E-state index contributed by atoms with van der Waals surface area (Å²) >= 11 is 0. The number of hydrogen-bond donors (Lipinski definition) is 1. The van der Waals surface area contributed by atoms with Crippen LogP contribution in [-0.2, 0) is 0 Å². The molecule has 102 valence electrons. The molecular formula is C14H9N5O2. The Morgan fingerprint density at radius 1 is 0.857 bits per heavy atom. The first kappa shape index (κ1) is 12.8. The molecule has 2 aromatic heterocycles. The van der Waals surface area contributed by atoms with Crippen LogP contribution in [0.3, 0.4) is 0 Å². The Hall–Kier alpha value is -3.22. The lowest BCUT2D eigenvalue weighted by Gasteiger charge is -2.00. The zero-order chi connectivity index (χ0) is 14.7. The summed E-state index contributed by atoms with van der Waals surface area (Å²) in [6, 6.07) is 12.3. The lowest BCUT2D eigenvalue weighted by molar-refractivity contribution is 0.0696. The number of nitrogens with zero attached hydrogens (tertiary/aromatic N) is 5. The highest BCUT2D eigenvalue weighted by molar-refractivity contribution is 5.87. The van der Waals surface area contributed by atoms with Crippen molar-refractivity contribution in [1.29, 1.82) is 0 Å². The fourth-order valence-corrected chi connectivity index (χ4v) is 1.69. The molecule has 1 aromatic carbocycles. The van der Waals surface area contributed by atoms with E-state index >= 15 is 0 Å². The Labute approximate surface area is 119 Å². The second kappa shape index (κ2) is 5.41. The second-order valence-electron chi connectivity index (χ2n) is 4.15. The van der Waals surface area contributed by atoms with Gasteiger partial charge in [-0.1, -0.05) is 30.3 Å². The van der Waals surface area contributed by atoms with Gasteiger partial charge in [0.15, 0.2) is 0 Å². The third-order valence-corrected chi connectivity index (χ3v) is 2.75. The quantitative estimate of drug-likeness (QED) is 0.778. The van der Waals surface area contributed by atoms with E-state index in [-0.39, 0.29) is 11.4 Å². The lowest BCUT2D eigenvalue weighted by atomic mass is 10.2. The van der Waals surface area contributed by atoms with E-state index in [0.717, 1.165) is 5.56 Å². The molecule has 0 aliphatic heterocycles. The molecule has 7 nitrogen and oxygen atoms in total. The predicted molar refractivity (Wildman–Crippen MR) is 73.2 cm³/mol. The number of hydrogen-bond acceptors (Lipinski definition) is 6. The van der Waals surface area contributed by atoms with Crippen molar-refractivity contribution in [2.75, 3.05) is 0 Å². The van der Waals surface area contributed by atoms with Gasteiger partial charge in [-0.05, 0) is 12.1 Å². The summed E-state index contributed by atoms with van der Waals surface area (Å²) in [5.74, 6) is -0.376. The third-order valence-electron chi connectivity index (χ3n) is 2.75. The molecule has 0 aliphatic carbocycles. The van der Waals surface area contributed by atoms with Crippen molar-refractivity contribution < 1.29 is 9.90 Å². The van der Waals surface area contributed by atoms with E-state index in [1.54, 1.807) is 0 Å². The number of carbonyl (C=O) groups is 1. The topological polar surface area (TPSA) is 102 Å². The van der Waals surface area contributed by atoms with Gasteiger partial charge in [-0.3, -0.25) is 4.98 Å². The number of aromatic nitrogens is 5. The fourth-order valence-electron chi connectivity index (χ4n) is 1.69. The van der Waals surface area contributed by atoms with Crippen LogP contribution in [0.2, 0.25) is 0 Å². The zero-order valence-electron chi connectivity index (χ0n) is 10.7. The molecule has 0 fully saturated rings. The maximum Gasteiger partial charge on any atom is 0.337 e. The van der Waals surface area contributed by atoms with Crippen LogP contribution in [0.15, 0.2) is 48.7 Å². The van der Waals surface area contributed by atoms with Crippen molar-refractivity contribution in [3.63, 3.8) is 0 Å². The first-order chi connectivity index (χ1) is 10.2. The summed E-state index contributed by atoms with van der Waals surface area (Å²) in [4.78, 5) is 14.7. The van der Waals surface area contributed by atoms with Crippen LogP contribution in [0, 0.1) is 0 Å². The van der Waals surface area contributed by atoms with Crippen molar-refractivity contribution in [2.24, 2.45) is 0 Å². The third kappa shape index (κ3) is 2.71. The molecule has 0 saturated carbocycles. The molecule has 21 heavy (non-hydrogen) atoms. The van der Waals surface area contributed by atoms with Crippen molar-refractivity contribution in [1.82, 2.24) is 25.4 Å². The minimum atomic E-state index is -1.04. The first-order valence-electron chi connectivity index (χ1n) is 6.06. The van der Waals surface area contributed by atoms with Gasteiger partial charge in [-0.15, -0.1) is 20.4 Å². The molecule has 7 heteroatoms. The van der Waals surface area contributed by atoms with E-state index in [1.165, 1.54) is 18.3 Å². The normalized spacial score (nSPS) is 10.3. The average molecular weight is 279 g/mol. The molecule has 0 spiro atoms. The fraction of sp³-hybridized carbons (Fsp3) is 0. The molecule has 3 rings (SSSR count). The Bertz CT molecular complexity index is 758. The van der Waals surface area contributed by atoms with Gasteiger partial charge in [0.05, 0.1) is 5.56 Å². The van der Waals surface area contributed by atoms with Gasteiger partial charge in [-0.25, -0.2) is 4.79 Å². The van der Waals surface area contributed by atoms with Gasteiger partial charge in [0.1, 0.15) is 5.69 Å². The van der Waals surface area contributed by atoms with Crippen LogP contribution in [-0.4, -0.2) is 36.5 Å². The van der Waals surface area contributed by atoms with Crippen molar-refractivity contribution >= 4 is 5.97 Å². The number of carboxylic acids is 1. The van der Waals surface area contributed by atoms with Gasteiger partial charge in [0, 0.05) is 11.8 Å². The Kier molecular flexibility index (Phi) is 3.30. The zero-order valence-corrected chi connectivity index (χ0v) is 10.7. The summed E-state index contributed by atoms with van der Waals surface area (Å²) in [5, 5.41) is 24.8. The van der Waals surface area contributed by atoms with E-state index in [2.05, 4.69) is 25.4 Å². The van der Waals surface area contributed by atoms with Gasteiger partial charge < -0.3 is 5.11 Å². The molecule has 0 aliphatic rings. The van der Waals surface area contributed by atoms with Gasteiger partial charge in [0.25, 0.3) is 0 Å². The van der Waals surface area contributed by atoms with Crippen LogP contribution in [0.5, 0.6) is 0 Å². The molecule has 0 atom stereocenters. The Morgan fingerprint density at radius 3 is 2.10 bits per heavy atom. The van der Waals surface area contributed by atoms with Gasteiger partial charge in [0.2, 0.25) is 11.6 Å². The van der Waals surface area contributed by atoms with Crippen molar-refractivity contribution in [2.45, 2.75) is 0 Å². The van der Waals surface area contributed by atoms with Crippen LogP contribution in [0.25, 0.3) is 22.9 Å². The summed E-state index contributed by atoms with van der Waals surface area (Å²) in [6.45, 7) is 0. The van der Waals surface area contributed by atoms with Crippen LogP contribution in [0.4, 0.5) is 0 Å². The van der Waals surface area contributed by atoms with Crippen LogP contribution in [0.1, 0.15) is 10.4 Å². The van der Waals surface area contributed by atoms with E-state index in [1.807, 2.05) is 30.3 Å². The highest BCUT2D eigenvalue weighted by Crippen LogP contribution is 2.14. The summed E-state index contributed by atoms with van der Waals surface area (Å²) in [5.41, 5.74) is 1.33. The molecule has 3 aromatic rings. The predicted octanol–water partition coefficient (Wildman–Crippen LogP) is 1.69. The smallest absolute Gasteiger partial charge is 0.337 e. The van der Waals surface area contributed by atoms with Crippen molar-refractivity contribution in [3.8, 4) is 22.9 Å². The van der Waals surface area contributed by atoms with Crippen LogP contribution < -0.4 is 0 Å². The van der Waals surface area contributed by atoms with E-state index in [0.29, 0.717) is 11.5 Å². The summed E-state index contributed by atoms with van der Waals surface area (Å²) in [6.07, 6.45) is 1.24. The van der Waals surface area contributed by atoms with Gasteiger partial charge >= 0.3 is 5.97 Å². The first-order valence-corrected chi connectivity index (χ1v) is 6.06. The van der Waals surface area contributed by atoms with Crippen LogP contribution >= 0.6 is 0 Å². The SMILES string of the molecule is O=C(O)c1ccc(-c2nnc(-c3ccccc3)nn2)nc1. The highest BCUT2D eigenvalue weighted by atomic mass is 16.4. The molecule has 2 heterocycles. The lowest BCUT2D eigenvalue weighted by Crippen LogP contribution is -2.02. The maximum atomic E-state index is 10.8.